The monoisotopic (exact) mass is 122 g/mol. The molecule has 0 amide bonds. The van der Waals surface area contributed by atoms with E-state index in [9.17, 15) is 9.18 Å². The van der Waals surface area contributed by atoms with Gasteiger partial charge in [-0.05, 0) is 11.8 Å². The van der Waals surface area contributed by atoms with Crippen molar-refractivity contribution in [1.29, 1.82) is 0 Å². The molecule has 7 heavy (non-hydrogen) atoms. The van der Waals surface area contributed by atoms with Crippen LogP contribution in [0, 0.1) is 0 Å². The number of hydrogen-bond acceptors (Lipinski definition) is 3. The summed E-state index contributed by atoms with van der Waals surface area (Å²) in [6.07, 6.45) is -1.36. The molecule has 0 radical (unpaired) electrons. The Morgan fingerprint density at radius 3 is 2.86 bits per heavy atom. The van der Waals surface area contributed by atoms with E-state index in [1.807, 2.05) is 0 Å². The van der Waals surface area contributed by atoms with Gasteiger partial charge in [0.2, 0.25) is 0 Å². The van der Waals surface area contributed by atoms with Gasteiger partial charge in [0.25, 0.3) is 6.36 Å². The van der Waals surface area contributed by atoms with E-state index in [1.54, 1.807) is 0 Å². The summed E-state index contributed by atoms with van der Waals surface area (Å²) < 4.78 is 15.7. The van der Waals surface area contributed by atoms with E-state index in [1.165, 1.54) is 0 Å². The maximum atomic E-state index is 11.7. The Bertz CT molecular complexity index is 94.9. The second-order valence-electron chi connectivity index (χ2n) is 1.09. The van der Waals surface area contributed by atoms with Gasteiger partial charge in [0.15, 0.2) is 0 Å². The van der Waals surface area contributed by atoms with Crippen LogP contribution in [0.1, 0.15) is 0 Å². The van der Waals surface area contributed by atoms with Crippen molar-refractivity contribution in [3.8, 4) is 0 Å². The van der Waals surface area contributed by atoms with Crippen LogP contribution in [0.15, 0.2) is 0 Å². The summed E-state index contributed by atoms with van der Waals surface area (Å²) in [6.45, 7) is 0. The van der Waals surface area contributed by atoms with Crippen molar-refractivity contribution in [2.24, 2.45) is 0 Å². The highest BCUT2D eigenvalue weighted by Crippen LogP contribution is 2.19. The van der Waals surface area contributed by atoms with Gasteiger partial charge < -0.3 is 4.74 Å². The fourth-order valence-electron chi connectivity index (χ4n) is 0.306. The van der Waals surface area contributed by atoms with Gasteiger partial charge in [-0.3, -0.25) is 0 Å². The van der Waals surface area contributed by atoms with E-state index in [0.717, 1.165) is 11.8 Å². The van der Waals surface area contributed by atoms with Crippen molar-refractivity contribution < 1.29 is 13.9 Å². The van der Waals surface area contributed by atoms with Crippen LogP contribution in [0.5, 0.6) is 0 Å². The number of carbonyl (C=O) groups excluding carboxylic acids is 1. The summed E-state index contributed by atoms with van der Waals surface area (Å²) in [5, 5.41) is -0.507. The molecule has 0 aromatic heterocycles. The predicted octanol–water partition coefficient (Wildman–Crippen LogP) is 1.17. The molecule has 1 rings (SSSR count). The maximum Gasteiger partial charge on any atom is 0.370 e. The van der Waals surface area contributed by atoms with Crippen LogP contribution in [0.25, 0.3) is 0 Å². The minimum atomic E-state index is -1.36. The number of alkyl halides is 1. The molecule has 1 heterocycles. The Morgan fingerprint density at radius 1 is 2.00 bits per heavy atom. The standard InChI is InChI=1S/C3H3FO2S/c4-2-1-7-3(5)6-2/h2H,1H2. The van der Waals surface area contributed by atoms with Crippen molar-refractivity contribution in [2.75, 3.05) is 5.75 Å². The fraction of sp³-hybridized carbons (Fsp3) is 0.667. The molecule has 1 aliphatic heterocycles. The van der Waals surface area contributed by atoms with Crippen LogP contribution in [0.3, 0.4) is 0 Å². The normalized spacial score (nSPS) is 30.4. The van der Waals surface area contributed by atoms with Crippen LogP contribution < -0.4 is 0 Å². The minimum absolute atomic E-state index is 0.152. The predicted molar refractivity (Wildman–Crippen MR) is 23.8 cm³/mol. The summed E-state index contributed by atoms with van der Waals surface area (Å²) in [5.74, 6) is 0.152. The molecule has 1 atom stereocenters. The Balaban J connectivity index is 2.40. The maximum absolute atomic E-state index is 11.7. The Morgan fingerprint density at radius 2 is 2.71 bits per heavy atom. The third-order valence-corrected chi connectivity index (χ3v) is 1.32. The summed E-state index contributed by atoms with van der Waals surface area (Å²) in [6, 6.07) is 0. The van der Waals surface area contributed by atoms with Gasteiger partial charge in [-0.15, -0.1) is 0 Å². The topological polar surface area (TPSA) is 26.3 Å². The Labute approximate surface area is 44.0 Å². The number of carbonyl (C=O) groups is 1. The van der Waals surface area contributed by atoms with E-state index in [0.29, 0.717) is 0 Å². The largest absolute Gasteiger partial charge is 0.422 e. The first-order valence-corrected chi connectivity index (χ1v) is 2.75. The smallest absolute Gasteiger partial charge is 0.370 e. The number of halogens is 1. The molecule has 1 fully saturated rings. The molecule has 0 aromatic rings. The molecule has 0 spiro atoms. The molecule has 0 aromatic carbocycles. The summed E-state index contributed by atoms with van der Waals surface area (Å²) in [5.41, 5.74) is 0. The zero-order valence-electron chi connectivity index (χ0n) is 3.39. The average Bonchev–Trinajstić information content (AvgIpc) is 1.87. The fourth-order valence-corrected chi connectivity index (χ4v) is 0.814. The third kappa shape index (κ3) is 1.06. The zero-order valence-corrected chi connectivity index (χ0v) is 4.20. The molecule has 1 saturated heterocycles. The van der Waals surface area contributed by atoms with Crippen LogP contribution in [0.2, 0.25) is 0 Å². The first-order chi connectivity index (χ1) is 3.29. The van der Waals surface area contributed by atoms with Gasteiger partial charge in [-0.2, -0.15) is 0 Å². The zero-order chi connectivity index (χ0) is 5.28. The number of ether oxygens (including phenoxy) is 1. The van der Waals surface area contributed by atoms with Gasteiger partial charge >= 0.3 is 5.30 Å². The lowest BCUT2D eigenvalue weighted by Gasteiger charge is -1.89. The van der Waals surface area contributed by atoms with Crippen molar-refractivity contribution in [3.05, 3.63) is 0 Å². The first kappa shape index (κ1) is 4.90. The minimum Gasteiger partial charge on any atom is -0.422 e. The molecule has 0 aliphatic carbocycles. The van der Waals surface area contributed by atoms with Gasteiger partial charge in [-0.25, -0.2) is 9.18 Å². The van der Waals surface area contributed by atoms with Crippen molar-refractivity contribution >= 4 is 17.1 Å². The van der Waals surface area contributed by atoms with Crippen molar-refractivity contribution in [3.63, 3.8) is 0 Å². The average molecular weight is 122 g/mol. The molecule has 0 saturated carbocycles. The van der Waals surface area contributed by atoms with Crippen molar-refractivity contribution in [2.45, 2.75) is 6.36 Å². The highest BCUT2D eigenvalue weighted by Gasteiger charge is 2.22. The Hall–Kier alpha value is -0.250. The molecule has 1 aliphatic rings. The van der Waals surface area contributed by atoms with E-state index < -0.39 is 11.7 Å². The molecule has 4 heteroatoms. The van der Waals surface area contributed by atoms with Crippen molar-refractivity contribution in [1.82, 2.24) is 0 Å². The first-order valence-electron chi connectivity index (χ1n) is 1.76. The SMILES string of the molecule is O=C1OC(F)CS1. The van der Waals surface area contributed by atoms with E-state index in [4.69, 9.17) is 0 Å². The van der Waals surface area contributed by atoms with Crippen LogP contribution >= 0.6 is 11.8 Å². The van der Waals surface area contributed by atoms with E-state index in [-0.39, 0.29) is 5.75 Å². The van der Waals surface area contributed by atoms with Crippen LogP contribution in [-0.2, 0) is 4.74 Å². The summed E-state index contributed by atoms with van der Waals surface area (Å²) in [4.78, 5) is 9.95. The lowest BCUT2D eigenvalue weighted by Crippen LogP contribution is -1.98. The molecule has 2 nitrogen and oxygen atoms in total. The molecule has 40 valence electrons. The quantitative estimate of drug-likeness (QED) is 0.451. The summed E-state index contributed by atoms with van der Waals surface area (Å²) in [7, 11) is 0. The van der Waals surface area contributed by atoms with Gasteiger partial charge in [-0.1, -0.05) is 0 Å². The lowest BCUT2D eigenvalue weighted by atomic mass is 10.8. The third-order valence-electron chi connectivity index (χ3n) is 0.556. The van der Waals surface area contributed by atoms with E-state index >= 15 is 0 Å². The van der Waals surface area contributed by atoms with E-state index in [2.05, 4.69) is 4.74 Å². The number of rotatable bonds is 0. The van der Waals surface area contributed by atoms with Gasteiger partial charge in [0.05, 0.1) is 5.75 Å². The second kappa shape index (κ2) is 1.69. The van der Waals surface area contributed by atoms with Crippen LogP contribution in [-0.4, -0.2) is 17.4 Å². The second-order valence-corrected chi connectivity index (χ2v) is 2.04. The molecule has 1 unspecified atom stereocenters. The Kier molecular flexibility index (Phi) is 1.19. The van der Waals surface area contributed by atoms with Crippen LogP contribution in [0.4, 0.5) is 9.18 Å². The number of hydrogen-bond donors (Lipinski definition) is 0. The van der Waals surface area contributed by atoms with Gasteiger partial charge in [0, 0.05) is 0 Å². The van der Waals surface area contributed by atoms with Gasteiger partial charge in [0.1, 0.15) is 0 Å². The number of thioether (sulfide) groups is 1. The molecule has 0 bridgehead atoms. The number of cyclic esters (lactones) is 1. The molecular weight excluding hydrogens is 119 g/mol. The summed E-state index contributed by atoms with van der Waals surface area (Å²) >= 11 is 0.869. The highest BCUT2D eigenvalue weighted by molar-refractivity contribution is 8.13. The molecule has 0 N–H and O–H groups in total. The molecular formula is C3H3FO2S. The lowest BCUT2D eigenvalue weighted by molar-refractivity contribution is 0.0576. The highest BCUT2D eigenvalue weighted by atomic mass is 32.2.